The van der Waals surface area contributed by atoms with E-state index >= 15 is 0 Å². The van der Waals surface area contributed by atoms with Crippen molar-refractivity contribution >= 4 is 5.78 Å². The van der Waals surface area contributed by atoms with Crippen molar-refractivity contribution in [2.45, 2.75) is 64.4 Å². The van der Waals surface area contributed by atoms with Gasteiger partial charge in [-0.3, -0.25) is 4.79 Å². The third-order valence-corrected chi connectivity index (χ3v) is 3.27. The van der Waals surface area contributed by atoms with Crippen LogP contribution in [-0.4, -0.2) is 16.5 Å². The third kappa shape index (κ3) is 2.81. The maximum atomic E-state index is 11.8. The van der Waals surface area contributed by atoms with Gasteiger partial charge < -0.3 is 5.11 Å². The van der Waals surface area contributed by atoms with E-state index < -0.39 is 5.60 Å². The van der Waals surface area contributed by atoms with Gasteiger partial charge in [-0.15, -0.1) is 0 Å². The first-order valence-corrected chi connectivity index (χ1v) is 5.84. The standard InChI is InChI=1S/C12H22O2/c1-3-6-10(2)9-11(13)12(14)7-4-5-8-12/h10,14H,3-9H2,1-2H3. The molecule has 1 aliphatic rings. The number of hydrogen-bond acceptors (Lipinski definition) is 2. The lowest BCUT2D eigenvalue weighted by Gasteiger charge is -2.22. The highest BCUT2D eigenvalue weighted by molar-refractivity contribution is 5.87. The summed E-state index contributed by atoms with van der Waals surface area (Å²) in [6.07, 6.45) is 6.14. The highest BCUT2D eigenvalue weighted by atomic mass is 16.3. The molecule has 1 N–H and O–H groups in total. The summed E-state index contributed by atoms with van der Waals surface area (Å²) in [7, 11) is 0. The Morgan fingerprint density at radius 1 is 1.43 bits per heavy atom. The molecule has 0 radical (unpaired) electrons. The monoisotopic (exact) mass is 198 g/mol. The molecule has 0 aliphatic heterocycles. The second kappa shape index (κ2) is 4.92. The predicted octanol–water partition coefficient (Wildman–Crippen LogP) is 2.69. The molecule has 1 saturated carbocycles. The van der Waals surface area contributed by atoms with Gasteiger partial charge in [0.2, 0.25) is 0 Å². The van der Waals surface area contributed by atoms with Crippen molar-refractivity contribution in [1.82, 2.24) is 0 Å². The van der Waals surface area contributed by atoms with Crippen LogP contribution in [0.15, 0.2) is 0 Å². The van der Waals surface area contributed by atoms with Gasteiger partial charge in [-0.05, 0) is 31.6 Å². The second-order valence-electron chi connectivity index (χ2n) is 4.76. The topological polar surface area (TPSA) is 37.3 Å². The van der Waals surface area contributed by atoms with E-state index in [4.69, 9.17) is 0 Å². The molecule has 1 aliphatic carbocycles. The lowest BCUT2D eigenvalue weighted by molar-refractivity contribution is -0.137. The van der Waals surface area contributed by atoms with E-state index in [-0.39, 0.29) is 5.78 Å². The average molecular weight is 198 g/mol. The fourth-order valence-corrected chi connectivity index (χ4v) is 2.34. The molecule has 0 bridgehead atoms. The molecule has 1 unspecified atom stereocenters. The largest absolute Gasteiger partial charge is 0.382 e. The van der Waals surface area contributed by atoms with Crippen molar-refractivity contribution < 1.29 is 9.90 Å². The van der Waals surface area contributed by atoms with Gasteiger partial charge in [0, 0.05) is 6.42 Å². The molecule has 0 saturated heterocycles. The van der Waals surface area contributed by atoms with Crippen LogP contribution in [0.5, 0.6) is 0 Å². The van der Waals surface area contributed by atoms with Crippen molar-refractivity contribution in [2.24, 2.45) is 5.92 Å². The molecule has 0 aromatic heterocycles. The van der Waals surface area contributed by atoms with E-state index in [1.807, 2.05) is 0 Å². The highest BCUT2D eigenvalue weighted by Gasteiger charge is 2.38. The van der Waals surface area contributed by atoms with Crippen LogP contribution in [0.2, 0.25) is 0 Å². The van der Waals surface area contributed by atoms with E-state index in [0.29, 0.717) is 25.2 Å². The number of hydrogen-bond donors (Lipinski definition) is 1. The Kier molecular flexibility index (Phi) is 4.11. The Morgan fingerprint density at radius 3 is 2.50 bits per heavy atom. The fourth-order valence-electron chi connectivity index (χ4n) is 2.34. The maximum Gasteiger partial charge on any atom is 0.164 e. The van der Waals surface area contributed by atoms with Crippen LogP contribution < -0.4 is 0 Å². The zero-order valence-electron chi connectivity index (χ0n) is 9.38. The summed E-state index contributed by atoms with van der Waals surface area (Å²) in [5.41, 5.74) is -0.956. The molecule has 0 spiro atoms. The van der Waals surface area contributed by atoms with Crippen LogP contribution in [0.1, 0.15) is 58.8 Å². The van der Waals surface area contributed by atoms with E-state index in [9.17, 15) is 9.90 Å². The maximum absolute atomic E-state index is 11.8. The summed E-state index contributed by atoms with van der Waals surface area (Å²) in [6.45, 7) is 4.23. The number of aliphatic hydroxyl groups is 1. The van der Waals surface area contributed by atoms with E-state index in [1.54, 1.807) is 0 Å². The second-order valence-corrected chi connectivity index (χ2v) is 4.76. The summed E-state index contributed by atoms with van der Waals surface area (Å²) in [6, 6.07) is 0. The third-order valence-electron chi connectivity index (χ3n) is 3.27. The molecule has 82 valence electrons. The van der Waals surface area contributed by atoms with Crippen LogP contribution in [0.4, 0.5) is 0 Å². The molecule has 0 heterocycles. The predicted molar refractivity (Wildman–Crippen MR) is 57.1 cm³/mol. The molecule has 14 heavy (non-hydrogen) atoms. The van der Waals surface area contributed by atoms with Gasteiger partial charge in [0.05, 0.1) is 0 Å². The minimum atomic E-state index is -0.956. The van der Waals surface area contributed by atoms with E-state index in [2.05, 4.69) is 13.8 Å². The molecule has 0 amide bonds. The molecular weight excluding hydrogens is 176 g/mol. The van der Waals surface area contributed by atoms with Crippen LogP contribution >= 0.6 is 0 Å². The highest BCUT2D eigenvalue weighted by Crippen LogP contribution is 2.32. The SMILES string of the molecule is CCCC(C)CC(=O)C1(O)CCCC1. The molecular formula is C12H22O2. The van der Waals surface area contributed by atoms with Crippen LogP contribution in [0.3, 0.4) is 0 Å². The van der Waals surface area contributed by atoms with Gasteiger partial charge in [0.25, 0.3) is 0 Å². The lowest BCUT2D eigenvalue weighted by Crippen LogP contribution is -2.36. The van der Waals surface area contributed by atoms with Gasteiger partial charge in [-0.1, -0.05) is 26.7 Å². The van der Waals surface area contributed by atoms with Crippen LogP contribution in [0.25, 0.3) is 0 Å². The number of rotatable bonds is 5. The number of carbonyl (C=O) groups is 1. The molecule has 1 fully saturated rings. The van der Waals surface area contributed by atoms with Gasteiger partial charge >= 0.3 is 0 Å². The van der Waals surface area contributed by atoms with Crippen molar-refractivity contribution in [3.8, 4) is 0 Å². The molecule has 1 rings (SSSR count). The quantitative estimate of drug-likeness (QED) is 0.737. The zero-order valence-corrected chi connectivity index (χ0v) is 9.38. The number of carbonyl (C=O) groups excluding carboxylic acids is 1. The summed E-state index contributed by atoms with van der Waals surface area (Å²) in [5, 5.41) is 10.0. The minimum Gasteiger partial charge on any atom is -0.382 e. The number of ketones is 1. The normalized spacial score (nSPS) is 22.2. The minimum absolute atomic E-state index is 0.0796. The summed E-state index contributed by atoms with van der Waals surface area (Å²) >= 11 is 0. The van der Waals surface area contributed by atoms with Gasteiger partial charge in [-0.25, -0.2) is 0 Å². The summed E-state index contributed by atoms with van der Waals surface area (Å²) in [4.78, 5) is 11.8. The summed E-state index contributed by atoms with van der Waals surface area (Å²) in [5.74, 6) is 0.507. The van der Waals surface area contributed by atoms with Gasteiger partial charge in [0.1, 0.15) is 5.60 Å². The van der Waals surface area contributed by atoms with Crippen molar-refractivity contribution in [1.29, 1.82) is 0 Å². The van der Waals surface area contributed by atoms with E-state index in [0.717, 1.165) is 25.7 Å². The van der Waals surface area contributed by atoms with Crippen molar-refractivity contribution in [3.05, 3.63) is 0 Å². The molecule has 1 atom stereocenters. The first kappa shape index (κ1) is 11.7. The van der Waals surface area contributed by atoms with Crippen LogP contribution in [0, 0.1) is 5.92 Å². The lowest BCUT2D eigenvalue weighted by atomic mass is 9.88. The molecule has 0 aromatic carbocycles. The summed E-state index contributed by atoms with van der Waals surface area (Å²) < 4.78 is 0. The van der Waals surface area contributed by atoms with Gasteiger partial charge in [0.15, 0.2) is 5.78 Å². The Hall–Kier alpha value is -0.370. The van der Waals surface area contributed by atoms with Crippen LogP contribution in [-0.2, 0) is 4.79 Å². The Balaban J connectivity index is 2.40. The first-order valence-electron chi connectivity index (χ1n) is 5.84. The molecule has 2 heteroatoms. The van der Waals surface area contributed by atoms with Gasteiger partial charge in [-0.2, -0.15) is 0 Å². The molecule has 2 nitrogen and oxygen atoms in total. The smallest absolute Gasteiger partial charge is 0.164 e. The average Bonchev–Trinajstić information content (AvgIpc) is 2.54. The fraction of sp³-hybridized carbons (Fsp3) is 0.917. The first-order chi connectivity index (χ1) is 6.58. The zero-order chi connectivity index (χ0) is 10.6. The van der Waals surface area contributed by atoms with Crippen molar-refractivity contribution in [2.75, 3.05) is 0 Å². The Bertz CT molecular complexity index is 192. The molecule has 0 aromatic rings. The Labute approximate surface area is 86.7 Å². The number of Topliss-reactive ketones (excluding diaryl/α,β-unsaturated/α-hetero) is 1. The van der Waals surface area contributed by atoms with E-state index in [1.165, 1.54) is 0 Å². The Morgan fingerprint density at radius 2 is 2.00 bits per heavy atom. The van der Waals surface area contributed by atoms with Crippen molar-refractivity contribution in [3.63, 3.8) is 0 Å².